The third-order valence-corrected chi connectivity index (χ3v) is 11.3. The van der Waals surface area contributed by atoms with Crippen LogP contribution in [0.1, 0.15) is 22.9 Å². The Morgan fingerprint density at radius 2 is 1.27 bits per heavy atom. The van der Waals surface area contributed by atoms with Crippen LogP contribution in [0.2, 0.25) is 0 Å². The molecule has 0 fully saturated rings. The predicted octanol–water partition coefficient (Wildman–Crippen LogP) is 11.5. The average Bonchev–Trinajstić information content (AvgIpc) is 3.87. The first-order valence-corrected chi connectivity index (χ1v) is 17.9. The summed E-state index contributed by atoms with van der Waals surface area (Å²) in [7, 11) is 0. The summed E-state index contributed by atoms with van der Waals surface area (Å²) in [5.74, 6) is 1.53. The maximum atomic E-state index is 6.75. The van der Waals surface area contributed by atoms with Crippen molar-refractivity contribution in [3.63, 3.8) is 0 Å². The summed E-state index contributed by atoms with van der Waals surface area (Å²) >= 11 is 1.79. The van der Waals surface area contributed by atoms with Crippen molar-refractivity contribution < 1.29 is 4.42 Å². The molecule has 0 bridgehead atoms. The van der Waals surface area contributed by atoms with E-state index in [1.165, 1.54) is 36.6 Å². The monoisotopic (exact) mass is 672 g/mol. The molecule has 5 nitrogen and oxygen atoms in total. The quantitative estimate of drug-likeness (QED) is 0.202. The van der Waals surface area contributed by atoms with Crippen molar-refractivity contribution in [3.8, 4) is 5.69 Å². The van der Waals surface area contributed by atoms with Crippen molar-refractivity contribution in [3.05, 3.63) is 174 Å². The Balaban J connectivity index is 1.08. The van der Waals surface area contributed by atoms with E-state index in [0.29, 0.717) is 0 Å². The van der Waals surface area contributed by atoms with Gasteiger partial charge in [0.25, 0.3) is 0 Å². The van der Waals surface area contributed by atoms with Gasteiger partial charge in [-0.25, -0.2) is 9.98 Å². The van der Waals surface area contributed by atoms with Gasteiger partial charge in [0.05, 0.1) is 11.0 Å². The van der Waals surface area contributed by atoms with Crippen LogP contribution in [-0.4, -0.2) is 16.2 Å². The molecule has 51 heavy (non-hydrogen) atoms. The minimum Gasteiger partial charge on any atom is -0.455 e. The predicted molar refractivity (Wildman–Crippen MR) is 213 cm³/mol. The smallest absolute Gasteiger partial charge is 0.159 e. The van der Waals surface area contributed by atoms with E-state index in [0.717, 1.165) is 61.4 Å². The molecule has 240 valence electrons. The Labute approximate surface area is 296 Å². The summed E-state index contributed by atoms with van der Waals surface area (Å²) in [4.78, 5) is 10.2. The van der Waals surface area contributed by atoms with Crippen LogP contribution in [0.15, 0.2) is 172 Å². The highest BCUT2D eigenvalue weighted by molar-refractivity contribution is 7.26. The second-order valence-electron chi connectivity index (χ2n) is 13.0. The van der Waals surface area contributed by atoms with Gasteiger partial charge in [-0.05, 0) is 42.5 Å². The number of amidine groups is 2. The Morgan fingerprint density at radius 3 is 2.04 bits per heavy atom. The van der Waals surface area contributed by atoms with E-state index in [2.05, 4.69) is 131 Å². The fourth-order valence-corrected chi connectivity index (χ4v) is 8.99. The number of para-hydroxylation sites is 2. The Hall–Kier alpha value is -6.50. The lowest BCUT2D eigenvalue weighted by atomic mass is 10.0. The molecule has 0 radical (unpaired) electrons. The summed E-state index contributed by atoms with van der Waals surface area (Å²) in [6.07, 6.45) is -0.315. The lowest BCUT2D eigenvalue weighted by molar-refractivity contribution is 0.673. The molecule has 1 N–H and O–H groups in total. The molecule has 3 aromatic heterocycles. The number of hydrogen-bond donors (Lipinski definition) is 1. The Kier molecular flexibility index (Phi) is 6.12. The van der Waals surface area contributed by atoms with Crippen molar-refractivity contribution >= 4 is 86.9 Å². The second kappa shape index (κ2) is 11.0. The largest absolute Gasteiger partial charge is 0.455 e. The van der Waals surface area contributed by atoms with Crippen LogP contribution >= 0.6 is 11.3 Å². The molecule has 0 saturated heterocycles. The molecule has 1 atom stereocenters. The van der Waals surface area contributed by atoms with Crippen molar-refractivity contribution in [2.75, 3.05) is 0 Å². The zero-order valence-electron chi connectivity index (χ0n) is 27.2. The number of aromatic nitrogens is 1. The molecule has 0 aliphatic carbocycles. The lowest BCUT2D eigenvalue weighted by Crippen LogP contribution is -2.33. The first-order valence-electron chi connectivity index (χ1n) is 17.1. The molecular weight excluding hydrogens is 645 g/mol. The number of aliphatic imine (C=N–C) groups is 2. The Morgan fingerprint density at radius 1 is 0.588 bits per heavy atom. The minimum atomic E-state index is -0.315. The molecule has 0 saturated carbocycles. The molecule has 6 heteroatoms. The molecule has 1 aliphatic rings. The van der Waals surface area contributed by atoms with E-state index >= 15 is 0 Å². The molecular formula is C45H28N4OS. The van der Waals surface area contributed by atoms with E-state index in [4.69, 9.17) is 14.4 Å². The van der Waals surface area contributed by atoms with Gasteiger partial charge in [0.2, 0.25) is 0 Å². The van der Waals surface area contributed by atoms with E-state index in [1.807, 2.05) is 36.4 Å². The van der Waals surface area contributed by atoms with Crippen LogP contribution in [0, 0.1) is 0 Å². The minimum absolute atomic E-state index is 0.315. The molecule has 1 aliphatic heterocycles. The van der Waals surface area contributed by atoms with Crippen molar-refractivity contribution in [1.82, 2.24) is 9.88 Å². The van der Waals surface area contributed by atoms with Gasteiger partial charge >= 0.3 is 0 Å². The number of rotatable bonds is 4. The SMILES string of the molecule is c1ccc(C2=NC(c3cccc4c3sc3ccc5c6cc(-n7c8ccccc8c8ccccc87)ccc6oc5c34)NC(c3ccccc3)=N2)cc1. The molecule has 0 amide bonds. The molecule has 7 aromatic carbocycles. The highest BCUT2D eigenvalue weighted by atomic mass is 32.1. The molecule has 0 spiro atoms. The van der Waals surface area contributed by atoms with Gasteiger partial charge in [-0.3, -0.25) is 0 Å². The lowest BCUT2D eigenvalue weighted by Gasteiger charge is -2.24. The van der Waals surface area contributed by atoms with E-state index < -0.39 is 0 Å². The number of benzene rings is 7. The number of nitrogens with zero attached hydrogens (tertiary/aromatic N) is 3. The van der Waals surface area contributed by atoms with E-state index in [9.17, 15) is 0 Å². The van der Waals surface area contributed by atoms with Crippen molar-refractivity contribution in [2.24, 2.45) is 9.98 Å². The maximum absolute atomic E-state index is 6.75. The molecule has 4 heterocycles. The summed E-state index contributed by atoms with van der Waals surface area (Å²) < 4.78 is 11.5. The Bertz CT molecular complexity index is 3010. The van der Waals surface area contributed by atoms with Gasteiger partial charge in [-0.2, -0.15) is 0 Å². The number of hydrogen-bond acceptors (Lipinski definition) is 5. The first-order chi connectivity index (χ1) is 25.3. The number of nitrogens with one attached hydrogen (secondary N) is 1. The van der Waals surface area contributed by atoms with Gasteiger partial charge in [0, 0.05) is 64.1 Å². The first kappa shape index (κ1) is 28.3. The molecule has 1 unspecified atom stereocenters. The summed E-state index contributed by atoms with van der Waals surface area (Å²) in [6, 6.07) is 55.3. The van der Waals surface area contributed by atoms with Crippen LogP contribution in [0.5, 0.6) is 0 Å². The summed E-state index contributed by atoms with van der Waals surface area (Å²) in [5, 5.41) is 10.7. The number of furan rings is 1. The number of thiophene rings is 1. The zero-order valence-corrected chi connectivity index (χ0v) is 28.1. The highest BCUT2D eigenvalue weighted by Gasteiger charge is 2.25. The summed E-state index contributed by atoms with van der Waals surface area (Å²) in [5.41, 5.74) is 8.44. The highest BCUT2D eigenvalue weighted by Crippen LogP contribution is 2.45. The van der Waals surface area contributed by atoms with Gasteiger partial charge in [0.15, 0.2) is 5.84 Å². The fourth-order valence-electron chi connectivity index (χ4n) is 7.75. The van der Waals surface area contributed by atoms with Gasteiger partial charge in [-0.1, -0.05) is 115 Å². The van der Waals surface area contributed by atoms with Crippen molar-refractivity contribution in [1.29, 1.82) is 0 Å². The van der Waals surface area contributed by atoms with Crippen LogP contribution in [0.4, 0.5) is 0 Å². The zero-order chi connectivity index (χ0) is 33.5. The van der Waals surface area contributed by atoms with E-state index in [1.54, 1.807) is 11.3 Å². The summed E-state index contributed by atoms with van der Waals surface area (Å²) in [6.45, 7) is 0. The van der Waals surface area contributed by atoms with Gasteiger partial charge in [0.1, 0.15) is 23.2 Å². The van der Waals surface area contributed by atoms with Crippen LogP contribution in [0.3, 0.4) is 0 Å². The third kappa shape index (κ3) is 4.33. The van der Waals surface area contributed by atoms with Crippen LogP contribution in [-0.2, 0) is 0 Å². The second-order valence-corrected chi connectivity index (χ2v) is 14.0. The molecule has 11 rings (SSSR count). The standard InChI is InChI=1S/C45H28N4OS/c1-3-12-27(13-4-1)43-46-44(28-14-5-2-6-15-28)48-45(47-43)34-19-11-18-33-40-39(51-42(33)34)25-23-32-35-26-29(22-24-38(35)50-41(32)40)49-36-20-9-7-16-30(36)31-17-8-10-21-37(31)49/h1-26,45H,(H,46,47,48). The normalized spacial score (nSPS) is 14.9. The van der Waals surface area contributed by atoms with Crippen molar-refractivity contribution in [2.45, 2.75) is 6.17 Å². The van der Waals surface area contributed by atoms with Gasteiger partial charge < -0.3 is 14.3 Å². The van der Waals surface area contributed by atoms with Gasteiger partial charge in [-0.15, -0.1) is 11.3 Å². The third-order valence-electron chi connectivity index (χ3n) is 10.1. The van der Waals surface area contributed by atoms with Crippen LogP contribution in [0.25, 0.3) is 69.6 Å². The van der Waals surface area contributed by atoms with E-state index in [-0.39, 0.29) is 6.17 Å². The fraction of sp³-hybridized carbons (Fsp3) is 0.0222. The molecule has 10 aromatic rings. The number of fused-ring (bicyclic) bond motifs is 10. The average molecular weight is 673 g/mol. The topological polar surface area (TPSA) is 54.8 Å². The van der Waals surface area contributed by atoms with Crippen LogP contribution < -0.4 is 5.32 Å². The maximum Gasteiger partial charge on any atom is 0.159 e.